The molecule has 2 aromatic rings. The van der Waals surface area contributed by atoms with E-state index in [4.69, 9.17) is 0 Å². The second kappa shape index (κ2) is 4.70. The molecule has 6 heteroatoms. The third kappa shape index (κ3) is 2.78. The van der Waals surface area contributed by atoms with Crippen LogP contribution in [0.4, 0.5) is 13.2 Å². The van der Waals surface area contributed by atoms with Crippen LogP contribution in [0.25, 0.3) is 10.4 Å². The van der Waals surface area contributed by atoms with Gasteiger partial charge in [-0.25, -0.2) is 0 Å². The van der Waals surface area contributed by atoms with Gasteiger partial charge in [-0.1, -0.05) is 12.1 Å². The van der Waals surface area contributed by atoms with Crippen molar-refractivity contribution in [2.24, 2.45) is 0 Å². The average molecular weight is 286 g/mol. The molecule has 0 fully saturated rings. The van der Waals surface area contributed by atoms with E-state index in [1.54, 1.807) is 0 Å². The average Bonchev–Trinajstić information content (AvgIpc) is 2.70. The number of Topliss-reactive ketones (excluding diaryl/α,β-unsaturated/α-hetero) is 1. The molecular weight excluding hydrogens is 277 g/mol. The number of ketones is 1. The van der Waals surface area contributed by atoms with Gasteiger partial charge < -0.3 is 5.11 Å². The molecule has 1 aromatic heterocycles. The maximum Gasteiger partial charge on any atom is 0.416 e. The van der Waals surface area contributed by atoms with Gasteiger partial charge in [0.15, 0.2) is 5.78 Å². The topological polar surface area (TPSA) is 37.3 Å². The summed E-state index contributed by atoms with van der Waals surface area (Å²) in [7, 11) is 0. The highest BCUT2D eigenvalue weighted by Gasteiger charge is 2.30. The Morgan fingerprint density at radius 1 is 1.26 bits per heavy atom. The van der Waals surface area contributed by atoms with Gasteiger partial charge in [0, 0.05) is 11.8 Å². The monoisotopic (exact) mass is 286 g/mol. The van der Waals surface area contributed by atoms with Crippen molar-refractivity contribution in [3.05, 3.63) is 40.8 Å². The Balaban J connectivity index is 2.48. The molecule has 0 saturated heterocycles. The van der Waals surface area contributed by atoms with Crippen molar-refractivity contribution >= 4 is 17.1 Å². The molecule has 19 heavy (non-hydrogen) atoms. The van der Waals surface area contributed by atoms with Crippen LogP contribution in [-0.2, 0) is 6.18 Å². The summed E-state index contributed by atoms with van der Waals surface area (Å²) in [4.78, 5) is 11.8. The molecule has 100 valence electrons. The Hall–Kier alpha value is -1.82. The van der Waals surface area contributed by atoms with Crippen molar-refractivity contribution < 1.29 is 23.1 Å². The Morgan fingerprint density at radius 3 is 2.47 bits per heavy atom. The lowest BCUT2D eigenvalue weighted by Gasteiger charge is -2.07. The van der Waals surface area contributed by atoms with Crippen LogP contribution in [0.2, 0.25) is 0 Å². The lowest BCUT2D eigenvalue weighted by molar-refractivity contribution is -0.137. The highest BCUT2D eigenvalue weighted by molar-refractivity contribution is 7.17. The van der Waals surface area contributed by atoms with Crippen LogP contribution in [0, 0.1) is 0 Å². The number of carbonyl (C=O) groups excluding carboxylic acids is 1. The maximum atomic E-state index is 12.6. The minimum Gasteiger partial charge on any atom is -0.506 e. The second-order valence-corrected chi connectivity index (χ2v) is 5.01. The Bertz CT molecular complexity index is 629. The van der Waals surface area contributed by atoms with Gasteiger partial charge in [0.25, 0.3) is 0 Å². The largest absolute Gasteiger partial charge is 0.506 e. The van der Waals surface area contributed by atoms with Crippen molar-refractivity contribution in [1.29, 1.82) is 0 Å². The van der Waals surface area contributed by atoms with Crippen LogP contribution in [0.3, 0.4) is 0 Å². The van der Waals surface area contributed by atoms with Crippen molar-refractivity contribution in [2.75, 3.05) is 0 Å². The summed E-state index contributed by atoms with van der Waals surface area (Å²) in [6, 6.07) is 6.07. The van der Waals surface area contributed by atoms with Crippen LogP contribution >= 0.6 is 11.3 Å². The molecule has 0 spiro atoms. The first kappa shape index (κ1) is 13.6. The van der Waals surface area contributed by atoms with E-state index in [2.05, 4.69) is 0 Å². The van der Waals surface area contributed by atoms with Gasteiger partial charge in [-0.15, -0.1) is 11.3 Å². The van der Waals surface area contributed by atoms with Gasteiger partial charge in [-0.3, -0.25) is 4.79 Å². The van der Waals surface area contributed by atoms with Crippen LogP contribution in [0.1, 0.15) is 22.2 Å². The van der Waals surface area contributed by atoms with E-state index in [1.807, 2.05) is 0 Å². The number of alkyl halides is 3. The molecule has 0 saturated carbocycles. The highest BCUT2D eigenvalue weighted by atomic mass is 32.1. The van der Waals surface area contributed by atoms with Crippen LogP contribution in [-0.4, -0.2) is 10.9 Å². The number of benzene rings is 1. The van der Waals surface area contributed by atoms with E-state index in [-0.39, 0.29) is 16.4 Å². The van der Waals surface area contributed by atoms with E-state index in [1.165, 1.54) is 25.1 Å². The molecule has 1 heterocycles. The molecule has 0 bridgehead atoms. The first-order valence-corrected chi connectivity index (χ1v) is 6.12. The molecule has 2 rings (SSSR count). The summed E-state index contributed by atoms with van der Waals surface area (Å²) in [5.41, 5.74) is -0.440. The summed E-state index contributed by atoms with van der Waals surface area (Å²) in [6.45, 7) is 1.29. The van der Waals surface area contributed by atoms with Gasteiger partial charge in [0.1, 0.15) is 10.6 Å². The predicted molar refractivity (Wildman–Crippen MR) is 66.4 cm³/mol. The second-order valence-electron chi connectivity index (χ2n) is 3.96. The van der Waals surface area contributed by atoms with E-state index < -0.39 is 11.7 Å². The maximum absolute atomic E-state index is 12.6. The normalized spacial score (nSPS) is 11.6. The molecular formula is C13H9F3O2S. The fourth-order valence-corrected chi connectivity index (χ4v) is 2.57. The zero-order valence-electron chi connectivity index (χ0n) is 9.78. The van der Waals surface area contributed by atoms with Crippen LogP contribution < -0.4 is 0 Å². The number of halogens is 3. The third-order valence-electron chi connectivity index (χ3n) is 2.51. The van der Waals surface area contributed by atoms with E-state index in [0.29, 0.717) is 10.4 Å². The Morgan fingerprint density at radius 2 is 1.95 bits per heavy atom. The molecule has 1 aromatic carbocycles. The standard InChI is InChI=1S/C13H9F3O2S/c1-7(17)12-10(18)6-11(19-12)8-3-2-4-9(5-8)13(14,15)16/h2-6,18H,1H3. The molecule has 0 aliphatic heterocycles. The number of carbonyl (C=O) groups is 1. The number of thiophene rings is 1. The van der Waals surface area contributed by atoms with Gasteiger partial charge >= 0.3 is 6.18 Å². The summed E-state index contributed by atoms with van der Waals surface area (Å²) >= 11 is 0.973. The zero-order valence-corrected chi connectivity index (χ0v) is 10.6. The zero-order chi connectivity index (χ0) is 14.2. The molecule has 0 aliphatic carbocycles. The van der Waals surface area contributed by atoms with Gasteiger partial charge in [-0.2, -0.15) is 13.2 Å². The summed E-state index contributed by atoms with van der Waals surface area (Å²) < 4.78 is 37.8. The lowest BCUT2D eigenvalue weighted by Crippen LogP contribution is -2.04. The number of aromatic hydroxyl groups is 1. The number of hydrogen-bond donors (Lipinski definition) is 1. The Kier molecular flexibility index (Phi) is 3.36. The smallest absolute Gasteiger partial charge is 0.416 e. The summed E-state index contributed by atoms with van der Waals surface area (Å²) in [6.07, 6.45) is -4.42. The SMILES string of the molecule is CC(=O)c1sc(-c2cccc(C(F)(F)F)c2)cc1O. The quantitative estimate of drug-likeness (QED) is 0.834. The van der Waals surface area contributed by atoms with Crippen molar-refractivity contribution in [2.45, 2.75) is 13.1 Å². The van der Waals surface area contributed by atoms with Gasteiger partial charge in [0.05, 0.1) is 5.56 Å². The number of rotatable bonds is 2. The predicted octanol–water partition coefficient (Wildman–Crippen LogP) is 4.34. The molecule has 1 N–H and O–H groups in total. The molecule has 0 radical (unpaired) electrons. The fraction of sp³-hybridized carbons (Fsp3) is 0.154. The fourth-order valence-electron chi connectivity index (χ4n) is 1.62. The van der Waals surface area contributed by atoms with E-state index in [0.717, 1.165) is 23.5 Å². The number of hydrogen-bond acceptors (Lipinski definition) is 3. The molecule has 0 aliphatic rings. The first-order chi connectivity index (χ1) is 8.79. The van der Waals surface area contributed by atoms with E-state index >= 15 is 0 Å². The Labute approximate surface area is 111 Å². The summed E-state index contributed by atoms with van der Waals surface area (Å²) in [5.74, 6) is -0.523. The molecule has 2 nitrogen and oxygen atoms in total. The van der Waals surface area contributed by atoms with Crippen LogP contribution in [0.5, 0.6) is 5.75 Å². The molecule has 0 unspecified atom stereocenters. The van der Waals surface area contributed by atoms with Crippen molar-refractivity contribution in [1.82, 2.24) is 0 Å². The molecule has 0 amide bonds. The van der Waals surface area contributed by atoms with Gasteiger partial charge in [-0.05, 0) is 23.8 Å². The lowest BCUT2D eigenvalue weighted by atomic mass is 10.1. The van der Waals surface area contributed by atoms with Crippen molar-refractivity contribution in [3.63, 3.8) is 0 Å². The van der Waals surface area contributed by atoms with E-state index in [9.17, 15) is 23.1 Å². The highest BCUT2D eigenvalue weighted by Crippen LogP contribution is 2.38. The van der Waals surface area contributed by atoms with Crippen LogP contribution in [0.15, 0.2) is 30.3 Å². The van der Waals surface area contributed by atoms with Gasteiger partial charge in [0.2, 0.25) is 0 Å². The first-order valence-electron chi connectivity index (χ1n) is 5.30. The molecule has 0 atom stereocenters. The minimum absolute atomic E-state index is 0.146. The third-order valence-corrected chi connectivity index (χ3v) is 3.78. The minimum atomic E-state index is -4.42. The summed E-state index contributed by atoms with van der Waals surface area (Å²) in [5, 5.41) is 9.56. The van der Waals surface area contributed by atoms with Crippen molar-refractivity contribution in [3.8, 4) is 16.2 Å².